The van der Waals surface area contributed by atoms with Crippen LogP contribution >= 0.6 is 0 Å². The summed E-state index contributed by atoms with van der Waals surface area (Å²) in [5.41, 5.74) is -0.789. The molecule has 2 atom stereocenters. The molecular formula is C14H24N2O3. The maximum atomic E-state index is 12.7. The van der Waals surface area contributed by atoms with Gasteiger partial charge in [0.15, 0.2) is 0 Å². The van der Waals surface area contributed by atoms with E-state index in [9.17, 15) is 9.59 Å². The lowest BCUT2D eigenvalue weighted by atomic mass is 9.90. The van der Waals surface area contributed by atoms with Gasteiger partial charge in [-0.2, -0.15) is 0 Å². The number of amides is 2. The van der Waals surface area contributed by atoms with Gasteiger partial charge in [-0.15, -0.1) is 0 Å². The maximum absolute atomic E-state index is 12.7. The molecule has 0 aromatic heterocycles. The normalized spacial score (nSPS) is 30.9. The molecule has 0 radical (unpaired) electrons. The second-order valence-electron chi connectivity index (χ2n) is 6.44. The van der Waals surface area contributed by atoms with Crippen LogP contribution in [0, 0.1) is 5.92 Å². The summed E-state index contributed by atoms with van der Waals surface area (Å²) in [6.45, 7) is 8.94. The first-order chi connectivity index (χ1) is 8.84. The highest BCUT2D eigenvalue weighted by Gasteiger charge is 2.49. The van der Waals surface area contributed by atoms with Crippen LogP contribution in [-0.4, -0.2) is 47.6 Å². The number of piperazine rings is 1. The molecule has 2 rings (SSSR count). The number of nitrogens with zero attached hydrogens (tertiary/aromatic N) is 1. The van der Waals surface area contributed by atoms with E-state index in [-0.39, 0.29) is 23.9 Å². The third-order valence-electron chi connectivity index (χ3n) is 3.98. The Labute approximate surface area is 114 Å². The molecule has 19 heavy (non-hydrogen) atoms. The Bertz CT molecular complexity index is 373. The van der Waals surface area contributed by atoms with Gasteiger partial charge in [0.05, 0.1) is 12.6 Å². The lowest BCUT2D eigenvalue weighted by Crippen LogP contribution is -2.70. The van der Waals surface area contributed by atoms with Crippen molar-refractivity contribution in [3.63, 3.8) is 0 Å². The van der Waals surface area contributed by atoms with E-state index in [2.05, 4.69) is 19.2 Å². The summed E-state index contributed by atoms with van der Waals surface area (Å²) < 4.78 is 5.38. The van der Waals surface area contributed by atoms with E-state index in [1.54, 1.807) is 4.90 Å². The van der Waals surface area contributed by atoms with Crippen molar-refractivity contribution in [2.45, 2.75) is 58.2 Å². The molecule has 2 heterocycles. The summed E-state index contributed by atoms with van der Waals surface area (Å²) in [5.74, 6) is 0.343. The summed E-state index contributed by atoms with van der Waals surface area (Å²) >= 11 is 0. The first-order valence-corrected chi connectivity index (χ1v) is 7.06. The molecule has 1 N–H and O–H groups in total. The summed E-state index contributed by atoms with van der Waals surface area (Å²) in [6.07, 6.45) is 1.50. The van der Waals surface area contributed by atoms with Crippen LogP contribution in [0.5, 0.6) is 0 Å². The minimum absolute atomic E-state index is 0.0308. The van der Waals surface area contributed by atoms with E-state index in [1.807, 2.05) is 13.8 Å². The summed E-state index contributed by atoms with van der Waals surface area (Å²) in [7, 11) is 0. The van der Waals surface area contributed by atoms with Crippen molar-refractivity contribution >= 4 is 11.8 Å². The van der Waals surface area contributed by atoms with Crippen LogP contribution < -0.4 is 5.32 Å². The Hall–Kier alpha value is -1.10. The smallest absolute Gasteiger partial charge is 0.246 e. The van der Waals surface area contributed by atoms with E-state index >= 15 is 0 Å². The average molecular weight is 268 g/mol. The third-order valence-corrected chi connectivity index (χ3v) is 3.98. The largest absolute Gasteiger partial charge is 0.379 e. The molecule has 0 spiro atoms. The van der Waals surface area contributed by atoms with Gasteiger partial charge in [-0.25, -0.2) is 0 Å². The molecule has 0 aliphatic carbocycles. The van der Waals surface area contributed by atoms with Crippen LogP contribution in [0.3, 0.4) is 0 Å². The van der Waals surface area contributed by atoms with Crippen molar-refractivity contribution < 1.29 is 14.3 Å². The molecular weight excluding hydrogens is 244 g/mol. The average Bonchev–Trinajstić information content (AvgIpc) is 2.79. The number of rotatable bonds is 3. The number of hydrogen-bond donors (Lipinski definition) is 1. The van der Waals surface area contributed by atoms with Crippen LogP contribution in [0.15, 0.2) is 0 Å². The standard InChI is InChI=1S/C14H24N2O3/c1-9(2)7-11-12(17)16(10-5-6-19-8-10)14(3,4)13(18)15-11/h9-11H,5-8H2,1-4H3,(H,15,18). The highest BCUT2D eigenvalue weighted by Crippen LogP contribution is 2.28. The minimum atomic E-state index is -0.789. The Morgan fingerprint density at radius 1 is 1.42 bits per heavy atom. The molecule has 0 aromatic carbocycles. The SMILES string of the molecule is CC(C)CC1NC(=O)C(C)(C)N(C2CCOC2)C1=O. The van der Waals surface area contributed by atoms with Crippen molar-refractivity contribution in [1.29, 1.82) is 0 Å². The first kappa shape index (κ1) is 14.3. The Balaban J connectivity index is 2.24. The van der Waals surface area contributed by atoms with Crippen molar-refractivity contribution in [2.75, 3.05) is 13.2 Å². The minimum Gasteiger partial charge on any atom is -0.379 e. The number of carbonyl (C=O) groups excluding carboxylic acids is 2. The summed E-state index contributed by atoms with van der Waals surface area (Å²) in [4.78, 5) is 26.7. The molecule has 5 nitrogen and oxygen atoms in total. The molecule has 108 valence electrons. The molecule has 5 heteroatoms. The second-order valence-corrected chi connectivity index (χ2v) is 6.44. The number of hydrogen-bond acceptors (Lipinski definition) is 3. The van der Waals surface area contributed by atoms with Crippen molar-refractivity contribution in [3.8, 4) is 0 Å². The Kier molecular flexibility index (Phi) is 3.85. The van der Waals surface area contributed by atoms with Gasteiger partial charge in [-0.05, 0) is 32.6 Å². The molecule has 0 bridgehead atoms. The predicted molar refractivity (Wildman–Crippen MR) is 71.5 cm³/mol. The number of carbonyl (C=O) groups is 2. The second kappa shape index (κ2) is 5.12. The Morgan fingerprint density at radius 2 is 2.11 bits per heavy atom. The van der Waals surface area contributed by atoms with Gasteiger partial charge in [0.2, 0.25) is 11.8 Å². The van der Waals surface area contributed by atoms with Gasteiger partial charge < -0.3 is 15.0 Å². The summed E-state index contributed by atoms with van der Waals surface area (Å²) in [6, 6.07) is -0.357. The lowest BCUT2D eigenvalue weighted by Gasteiger charge is -2.47. The van der Waals surface area contributed by atoms with Crippen molar-refractivity contribution in [2.24, 2.45) is 5.92 Å². The van der Waals surface area contributed by atoms with E-state index in [0.29, 0.717) is 25.6 Å². The lowest BCUT2D eigenvalue weighted by molar-refractivity contribution is -0.159. The van der Waals surface area contributed by atoms with Gasteiger partial charge in [0.1, 0.15) is 11.6 Å². The van der Waals surface area contributed by atoms with Gasteiger partial charge in [0, 0.05) is 6.61 Å². The number of ether oxygens (including phenoxy) is 1. The third kappa shape index (κ3) is 2.61. The van der Waals surface area contributed by atoms with E-state index in [0.717, 1.165) is 6.42 Å². The highest BCUT2D eigenvalue weighted by atomic mass is 16.5. The quantitative estimate of drug-likeness (QED) is 0.828. The monoisotopic (exact) mass is 268 g/mol. The molecule has 0 aromatic rings. The zero-order chi connectivity index (χ0) is 14.2. The molecule has 2 saturated heterocycles. The van der Waals surface area contributed by atoms with Crippen molar-refractivity contribution in [1.82, 2.24) is 10.2 Å². The molecule has 2 aliphatic heterocycles. The van der Waals surface area contributed by atoms with Crippen LogP contribution in [-0.2, 0) is 14.3 Å². The van der Waals surface area contributed by atoms with Crippen LogP contribution in [0.1, 0.15) is 40.5 Å². The fraction of sp³-hybridized carbons (Fsp3) is 0.857. The molecule has 2 amide bonds. The van der Waals surface area contributed by atoms with E-state index < -0.39 is 5.54 Å². The van der Waals surface area contributed by atoms with Gasteiger partial charge in [-0.3, -0.25) is 9.59 Å². The molecule has 2 aliphatic rings. The molecule has 0 saturated carbocycles. The fourth-order valence-electron chi connectivity index (χ4n) is 2.94. The summed E-state index contributed by atoms with van der Waals surface area (Å²) in [5, 5.41) is 2.87. The first-order valence-electron chi connectivity index (χ1n) is 7.06. The topological polar surface area (TPSA) is 58.6 Å². The highest BCUT2D eigenvalue weighted by molar-refractivity contribution is 5.99. The zero-order valence-corrected chi connectivity index (χ0v) is 12.2. The predicted octanol–water partition coefficient (Wildman–Crippen LogP) is 0.927. The number of nitrogens with one attached hydrogen (secondary N) is 1. The molecule has 2 fully saturated rings. The fourth-order valence-corrected chi connectivity index (χ4v) is 2.94. The zero-order valence-electron chi connectivity index (χ0n) is 12.2. The van der Waals surface area contributed by atoms with Crippen molar-refractivity contribution in [3.05, 3.63) is 0 Å². The Morgan fingerprint density at radius 3 is 2.63 bits per heavy atom. The molecule has 2 unspecified atom stereocenters. The van der Waals surface area contributed by atoms with E-state index in [1.165, 1.54) is 0 Å². The van der Waals surface area contributed by atoms with Crippen LogP contribution in [0.2, 0.25) is 0 Å². The van der Waals surface area contributed by atoms with E-state index in [4.69, 9.17) is 4.74 Å². The van der Waals surface area contributed by atoms with Crippen LogP contribution in [0.4, 0.5) is 0 Å². The van der Waals surface area contributed by atoms with Crippen LogP contribution in [0.25, 0.3) is 0 Å². The van der Waals surface area contributed by atoms with Gasteiger partial charge in [0.25, 0.3) is 0 Å². The van der Waals surface area contributed by atoms with Gasteiger partial charge in [-0.1, -0.05) is 13.8 Å². The maximum Gasteiger partial charge on any atom is 0.246 e. The van der Waals surface area contributed by atoms with Gasteiger partial charge >= 0.3 is 0 Å².